The molecule has 152 valence electrons. The molecule has 0 fully saturated rings. The van der Waals surface area contributed by atoms with Gasteiger partial charge in [-0.3, -0.25) is 9.59 Å². The molecule has 1 heterocycles. The number of carboxylic acids is 1. The molecule has 0 saturated heterocycles. The maximum atomic E-state index is 14.4. The van der Waals surface area contributed by atoms with Gasteiger partial charge in [0.2, 0.25) is 5.91 Å². The predicted molar refractivity (Wildman–Crippen MR) is 104 cm³/mol. The Hall–Kier alpha value is -3.42. The molecule has 29 heavy (non-hydrogen) atoms. The number of methoxy groups -OCH3 is 2. The zero-order chi connectivity index (χ0) is 21.0. The highest BCUT2D eigenvalue weighted by atomic mass is 19.1. The van der Waals surface area contributed by atoms with Crippen LogP contribution in [0.2, 0.25) is 0 Å². The van der Waals surface area contributed by atoms with E-state index in [4.69, 9.17) is 14.6 Å². The van der Waals surface area contributed by atoms with E-state index in [1.807, 2.05) is 0 Å². The van der Waals surface area contributed by atoms with Crippen molar-refractivity contribution in [1.82, 2.24) is 5.01 Å². The van der Waals surface area contributed by atoms with Gasteiger partial charge in [-0.25, -0.2) is 9.40 Å². The van der Waals surface area contributed by atoms with E-state index in [1.165, 1.54) is 18.2 Å². The monoisotopic (exact) mass is 400 g/mol. The summed E-state index contributed by atoms with van der Waals surface area (Å²) in [6, 6.07) is 10.7. The minimum absolute atomic E-state index is 0.225. The molecule has 1 amide bonds. The molecule has 7 nitrogen and oxygen atoms in total. The molecular weight excluding hydrogens is 379 g/mol. The molecule has 2 aromatic rings. The van der Waals surface area contributed by atoms with Crippen molar-refractivity contribution < 1.29 is 28.6 Å². The third-order valence-corrected chi connectivity index (χ3v) is 4.70. The molecule has 3 rings (SSSR count). The van der Waals surface area contributed by atoms with Gasteiger partial charge >= 0.3 is 5.97 Å². The third-order valence-electron chi connectivity index (χ3n) is 4.70. The van der Waals surface area contributed by atoms with Crippen molar-refractivity contribution in [3.05, 3.63) is 59.4 Å². The van der Waals surface area contributed by atoms with Crippen LogP contribution in [0.4, 0.5) is 4.39 Å². The normalized spacial score (nSPS) is 15.8. The first-order valence-electron chi connectivity index (χ1n) is 9.02. The summed E-state index contributed by atoms with van der Waals surface area (Å²) in [4.78, 5) is 23.5. The van der Waals surface area contributed by atoms with E-state index in [-0.39, 0.29) is 19.3 Å². The Bertz CT molecular complexity index is 960. The molecule has 0 spiro atoms. The van der Waals surface area contributed by atoms with Crippen molar-refractivity contribution in [2.45, 2.75) is 25.3 Å². The summed E-state index contributed by atoms with van der Waals surface area (Å²) in [7, 11) is 3.05. The average Bonchev–Trinajstić information content (AvgIpc) is 3.16. The fourth-order valence-corrected chi connectivity index (χ4v) is 3.26. The number of benzene rings is 2. The molecule has 8 heteroatoms. The minimum atomic E-state index is -1.08. The van der Waals surface area contributed by atoms with Crippen molar-refractivity contribution >= 4 is 17.6 Å². The van der Waals surface area contributed by atoms with Gasteiger partial charge in [0.25, 0.3) is 0 Å². The first kappa shape index (κ1) is 20.3. The quantitative estimate of drug-likeness (QED) is 0.770. The summed E-state index contributed by atoms with van der Waals surface area (Å²) in [5, 5.41) is 14.5. The van der Waals surface area contributed by atoms with Gasteiger partial charge in [-0.05, 0) is 18.2 Å². The van der Waals surface area contributed by atoms with E-state index in [1.54, 1.807) is 43.5 Å². The summed E-state index contributed by atoms with van der Waals surface area (Å²) < 4.78 is 25.1. The molecule has 2 aromatic carbocycles. The van der Waals surface area contributed by atoms with Gasteiger partial charge in [0, 0.05) is 30.0 Å². The van der Waals surface area contributed by atoms with E-state index < -0.39 is 23.7 Å². The highest BCUT2D eigenvalue weighted by Crippen LogP contribution is 2.37. The molecule has 0 unspecified atom stereocenters. The first-order valence-corrected chi connectivity index (χ1v) is 9.02. The number of carbonyl (C=O) groups excluding carboxylic acids is 1. The van der Waals surface area contributed by atoms with Crippen LogP contribution in [-0.4, -0.2) is 41.9 Å². The Morgan fingerprint density at radius 2 is 1.93 bits per heavy atom. The summed E-state index contributed by atoms with van der Waals surface area (Å²) in [5.74, 6) is -0.907. The number of amides is 1. The lowest BCUT2D eigenvalue weighted by molar-refractivity contribution is -0.141. The van der Waals surface area contributed by atoms with Crippen LogP contribution in [0.3, 0.4) is 0 Å². The van der Waals surface area contributed by atoms with Crippen molar-refractivity contribution in [3.8, 4) is 11.5 Å². The Morgan fingerprint density at radius 1 is 1.17 bits per heavy atom. The van der Waals surface area contributed by atoms with Crippen LogP contribution >= 0.6 is 0 Å². The second-order valence-electron chi connectivity index (χ2n) is 6.49. The van der Waals surface area contributed by atoms with E-state index in [2.05, 4.69) is 5.10 Å². The van der Waals surface area contributed by atoms with Gasteiger partial charge in [0.15, 0.2) is 0 Å². The molecule has 0 bridgehead atoms. The molecule has 1 aliphatic rings. The standard InChI is InChI=1S/C21H21FN2O5/c1-28-13-7-8-15(19(11-13)29-2)17-12-18(14-5-3-4-6-16(14)22)24(23-17)20(25)9-10-21(26)27/h3-8,11,18H,9-10,12H2,1-2H3,(H,26,27)/t18-/m1/s1. The topological polar surface area (TPSA) is 88.4 Å². The third kappa shape index (κ3) is 4.37. The summed E-state index contributed by atoms with van der Waals surface area (Å²) in [6.45, 7) is 0. The number of hydrazone groups is 1. The molecule has 0 saturated carbocycles. The molecule has 0 aliphatic carbocycles. The van der Waals surface area contributed by atoms with E-state index in [9.17, 15) is 14.0 Å². The Morgan fingerprint density at radius 3 is 2.59 bits per heavy atom. The summed E-state index contributed by atoms with van der Waals surface area (Å²) >= 11 is 0. The number of rotatable bonds is 7. The van der Waals surface area contributed by atoms with Gasteiger partial charge in [0.05, 0.1) is 32.4 Å². The van der Waals surface area contributed by atoms with Crippen molar-refractivity contribution in [1.29, 1.82) is 0 Å². The molecule has 1 atom stereocenters. The lowest BCUT2D eigenvalue weighted by Gasteiger charge is -2.22. The second-order valence-corrected chi connectivity index (χ2v) is 6.49. The lowest BCUT2D eigenvalue weighted by atomic mass is 9.97. The fourth-order valence-electron chi connectivity index (χ4n) is 3.26. The van der Waals surface area contributed by atoms with Crippen LogP contribution in [0.1, 0.15) is 36.4 Å². The Balaban J connectivity index is 1.99. The number of halogens is 1. The number of nitrogens with zero attached hydrogens (tertiary/aromatic N) is 2. The maximum absolute atomic E-state index is 14.4. The lowest BCUT2D eigenvalue weighted by Crippen LogP contribution is -2.28. The van der Waals surface area contributed by atoms with Crippen molar-refractivity contribution in [2.75, 3.05) is 14.2 Å². The maximum Gasteiger partial charge on any atom is 0.303 e. The van der Waals surface area contributed by atoms with Crippen LogP contribution in [0.15, 0.2) is 47.6 Å². The van der Waals surface area contributed by atoms with Crippen molar-refractivity contribution in [3.63, 3.8) is 0 Å². The highest BCUT2D eigenvalue weighted by Gasteiger charge is 2.35. The van der Waals surface area contributed by atoms with Crippen LogP contribution in [0.25, 0.3) is 0 Å². The number of carbonyl (C=O) groups is 2. The number of aliphatic carboxylic acids is 1. The zero-order valence-corrected chi connectivity index (χ0v) is 16.1. The van der Waals surface area contributed by atoms with Gasteiger partial charge < -0.3 is 14.6 Å². The molecular formula is C21H21FN2O5. The first-order chi connectivity index (χ1) is 13.9. The molecule has 0 aromatic heterocycles. The summed E-state index contributed by atoms with van der Waals surface area (Å²) in [6.07, 6.45) is -0.282. The summed E-state index contributed by atoms with van der Waals surface area (Å²) in [5.41, 5.74) is 1.52. The van der Waals surface area contributed by atoms with Crippen LogP contribution in [-0.2, 0) is 9.59 Å². The second kappa shape index (κ2) is 8.72. The number of hydrogen-bond donors (Lipinski definition) is 1. The Labute approximate surface area is 167 Å². The SMILES string of the molecule is COc1ccc(C2=NN(C(=O)CCC(=O)O)[C@@H](c3ccccc3F)C2)c(OC)c1. The van der Waals surface area contributed by atoms with Crippen LogP contribution in [0, 0.1) is 5.82 Å². The molecule has 0 radical (unpaired) electrons. The van der Waals surface area contributed by atoms with Crippen LogP contribution in [0.5, 0.6) is 11.5 Å². The Kier molecular flexibility index (Phi) is 6.11. The van der Waals surface area contributed by atoms with Gasteiger partial charge in [0.1, 0.15) is 17.3 Å². The number of carboxylic acid groups (broad SMARTS) is 1. The van der Waals surface area contributed by atoms with Gasteiger partial charge in [-0.1, -0.05) is 18.2 Å². The minimum Gasteiger partial charge on any atom is -0.497 e. The number of ether oxygens (including phenoxy) is 2. The molecule has 1 aliphatic heterocycles. The van der Waals surface area contributed by atoms with E-state index in [0.29, 0.717) is 28.3 Å². The number of hydrogen-bond acceptors (Lipinski definition) is 5. The zero-order valence-electron chi connectivity index (χ0n) is 16.1. The van der Waals surface area contributed by atoms with E-state index >= 15 is 0 Å². The van der Waals surface area contributed by atoms with Crippen LogP contribution < -0.4 is 9.47 Å². The van der Waals surface area contributed by atoms with Gasteiger partial charge in [-0.15, -0.1) is 0 Å². The van der Waals surface area contributed by atoms with Crippen molar-refractivity contribution in [2.24, 2.45) is 5.10 Å². The largest absolute Gasteiger partial charge is 0.497 e. The smallest absolute Gasteiger partial charge is 0.303 e. The predicted octanol–water partition coefficient (Wildman–Crippen LogP) is 3.39. The highest BCUT2D eigenvalue weighted by molar-refractivity contribution is 6.05. The molecule has 1 N–H and O–H groups in total. The van der Waals surface area contributed by atoms with E-state index in [0.717, 1.165) is 0 Å². The average molecular weight is 400 g/mol. The fraction of sp³-hybridized carbons (Fsp3) is 0.286. The van der Waals surface area contributed by atoms with Gasteiger partial charge in [-0.2, -0.15) is 5.10 Å².